The Morgan fingerprint density at radius 3 is 2.92 bits per heavy atom. The minimum atomic E-state index is 0.634. The highest BCUT2D eigenvalue weighted by Crippen LogP contribution is 2.26. The Morgan fingerprint density at radius 2 is 2.15 bits per heavy atom. The van der Waals surface area contributed by atoms with E-state index in [9.17, 15) is 0 Å². The second kappa shape index (κ2) is 3.20. The molecule has 0 aliphatic heterocycles. The zero-order valence-corrected chi connectivity index (χ0v) is 7.55. The van der Waals surface area contributed by atoms with Crippen molar-refractivity contribution in [3.8, 4) is 0 Å². The molecule has 0 saturated heterocycles. The molecule has 0 fully saturated rings. The molecule has 2 aromatic rings. The van der Waals surface area contributed by atoms with Crippen molar-refractivity contribution in [2.45, 2.75) is 0 Å². The number of rotatable bonds is 1. The smallest absolute Gasteiger partial charge is 0.0909 e. The van der Waals surface area contributed by atoms with Gasteiger partial charge in [0.1, 0.15) is 0 Å². The van der Waals surface area contributed by atoms with Crippen molar-refractivity contribution in [3.63, 3.8) is 0 Å². The van der Waals surface area contributed by atoms with E-state index in [0.717, 1.165) is 16.6 Å². The molecule has 1 aromatic carbocycles. The molecule has 0 aliphatic rings. The molecule has 4 heteroatoms. The predicted octanol–water partition coefficient (Wildman–Crippen LogP) is 2.17. The van der Waals surface area contributed by atoms with Gasteiger partial charge in [-0.1, -0.05) is 11.6 Å². The highest BCUT2D eigenvalue weighted by atomic mass is 35.5. The minimum absolute atomic E-state index is 0.634. The molecule has 3 N–H and O–H groups in total. The standard InChI is InChI=1S/C9H8ClN3/c10-7-3-4-8(13-11)6-2-1-5-12-9(6)7/h1-5,13H,11H2. The van der Waals surface area contributed by atoms with Crippen LogP contribution in [0.4, 0.5) is 5.69 Å². The van der Waals surface area contributed by atoms with Gasteiger partial charge in [0.05, 0.1) is 16.2 Å². The van der Waals surface area contributed by atoms with E-state index in [-0.39, 0.29) is 0 Å². The van der Waals surface area contributed by atoms with Crippen LogP contribution < -0.4 is 11.3 Å². The van der Waals surface area contributed by atoms with Crippen LogP contribution in [-0.2, 0) is 0 Å². The molecule has 1 aromatic heterocycles. The van der Waals surface area contributed by atoms with Gasteiger partial charge < -0.3 is 5.43 Å². The van der Waals surface area contributed by atoms with E-state index in [1.165, 1.54) is 0 Å². The SMILES string of the molecule is NNc1ccc(Cl)c2ncccc12. The monoisotopic (exact) mass is 193 g/mol. The molecule has 3 nitrogen and oxygen atoms in total. The minimum Gasteiger partial charge on any atom is -0.323 e. The van der Waals surface area contributed by atoms with E-state index in [0.29, 0.717) is 5.02 Å². The number of nitrogens with one attached hydrogen (secondary N) is 1. The third-order valence-electron chi connectivity index (χ3n) is 1.88. The normalized spacial score (nSPS) is 10.3. The van der Waals surface area contributed by atoms with Gasteiger partial charge in [-0.05, 0) is 24.3 Å². The van der Waals surface area contributed by atoms with Crippen LogP contribution in [0.1, 0.15) is 0 Å². The average Bonchev–Trinajstić information content (AvgIpc) is 2.19. The molecular formula is C9H8ClN3. The summed E-state index contributed by atoms with van der Waals surface area (Å²) in [6.07, 6.45) is 1.70. The van der Waals surface area contributed by atoms with Gasteiger partial charge in [0.2, 0.25) is 0 Å². The number of aromatic nitrogens is 1. The van der Waals surface area contributed by atoms with Crippen molar-refractivity contribution in [3.05, 3.63) is 35.5 Å². The van der Waals surface area contributed by atoms with E-state index < -0.39 is 0 Å². The third kappa shape index (κ3) is 1.32. The van der Waals surface area contributed by atoms with Crippen LogP contribution >= 0.6 is 11.6 Å². The summed E-state index contributed by atoms with van der Waals surface area (Å²) in [5, 5.41) is 1.56. The molecular weight excluding hydrogens is 186 g/mol. The van der Waals surface area contributed by atoms with E-state index in [1.807, 2.05) is 18.2 Å². The molecule has 0 aliphatic carbocycles. The fourth-order valence-corrected chi connectivity index (χ4v) is 1.48. The van der Waals surface area contributed by atoms with Gasteiger partial charge in [0, 0.05) is 11.6 Å². The predicted molar refractivity (Wildman–Crippen MR) is 54.6 cm³/mol. The van der Waals surface area contributed by atoms with Gasteiger partial charge in [0.15, 0.2) is 0 Å². The lowest BCUT2D eigenvalue weighted by Gasteiger charge is -2.05. The summed E-state index contributed by atoms with van der Waals surface area (Å²) >= 11 is 5.95. The maximum Gasteiger partial charge on any atom is 0.0909 e. The Kier molecular flexibility index (Phi) is 2.04. The maximum absolute atomic E-state index is 5.95. The topological polar surface area (TPSA) is 50.9 Å². The van der Waals surface area contributed by atoms with Crippen LogP contribution in [0.5, 0.6) is 0 Å². The molecule has 1 heterocycles. The number of benzene rings is 1. The summed E-state index contributed by atoms with van der Waals surface area (Å²) in [6.45, 7) is 0. The van der Waals surface area contributed by atoms with E-state index in [2.05, 4.69) is 10.4 Å². The van der Waals surface area contributed by atoms with Gasteiger partial charge in [-0.15, -0.1) is 0 Å². The number of hydrogen-bond donors (Lipinski definition) is 2. The van der Waals surface area contributed by atoms with E-state index >= 15 is 0 Å². The van der Waals surface area contributed by atoms with Crippen molar-refractivity contribution in [1.82, 2.24) is 4.98 Å². The van der Waals surface area contributed by atoms with Crippen LogP contribution in [0.3, 0.4) is 0 Å². The van der Waals surface area contributed by atoms with Gasteiger partial charge in [-0.25, -0.2) is 0 Å². The lowest BCUT2D eigenvalue weighted by atomic mass is 10.2. The maximum atomic E-state index is 5.95. The molecule has 0 unspecified atom stereocenters. The van der Waals surface area contributed by atoms with Crippen LogP contribution in [-0.4, -0.2) is 4.98 Å². The van der Waals surface area contributed by atoms with Crippen molar-refractivity contribution < 1.29 is 0 Å². The molecule has 2 rings (SSSR count). The number of nitrogens with two attached hydrogens (primary N) is 1. The number of fused-ring (bicyclic) bond motifs is 1. The number of nitrogens with zero attached hydrogens (tertiary/aromatic N) is 1. The fourth-order valence-electron chi connectivity index (χ4n) is 1.26. The molecule has 13 heavy (non-hydrogen) atoms. The van der Waals surface area contributed by atoms with Gasteiger partial charge in [-0.2, -0.15) is 0 Å². The zero-order chi connectivity index (χ0) is 9.26. The van der Waals surface area contributed by atoms with Crippen molar-refractivity contribution in [2.24, 2.45) is 5.84 Å². The lowest BCUT2D eigenvalue weighted by Crippen LogP contribution is -2.07. The van der Waals surface area contributed by atoms with Crippen molar-refractivity contribution in [2.75, 3.05) is 5.43 Å². The quantitative estimate of drug-likeness (QED) is 0.539. The van der Waals surface area contributed by atoms with Gasteiger partial charge in [0.25, 0.3) is 0 Å². The Morgan fingerprint density at radius 1 is 1.31 bits per heavy atom. The van der Waals surface area contributed by atoms with Crippen molar-refractivity contribution >= 4 is 28.2 Å². The number of hydrogen-bond acceptors (Lipinski definition) is 3. The average molecular weight is 194 g/mol. The zero-order valence-electron chi connectivity index (χ0n) is 6.79. The molecule has 0 spiro atoms. The first-order valence-electron chi connectivity index (χ1n) is 3.83. The Labute approximate surface area is 80.5 Å². The third-order valence-corrected chi connectivity index (χ3v) is 2.18. The molecule has 0 amide bonds. The molecule has 66 valence electrons. The van der Waals surface area contributed by atoms with Gasteiger partial charge >= 0.3 is 0 Å². The number of halogens is 1. The molecule has 0 atom stereocenters. The van der Waals surface area contributed by atoms with E-state index in [1.54, 1.807) is 12.3 Å². The Hall–Kier alpha value is -1.32. The number of anilines is 1. The highest BCUT2D eigenvalue weighted by Gasteiger charge is 2.02. The first kappa shape index (κ1) is 8.29. The highest BCUT2D eigenvalue weighted by molar-refractivity contribution is 6.35. The summed E-state index contributed by atoms with van der Waals surface area (Å²) in [6, 6.07) is 7.36. The molecule has 0 saturated carbocycles. The number of hydrazine groups is 1. The molecule has 0 radical (unpaired) electrons. The fraction of sp³-hybridized carbons (Fsp3) is 0. The second-order valence-electron chi connectivity index (χ2n) is 2.64. The summed E-state index contributed by atoms with van der Waals surface area (Å²) in [5.74, 6) is 5.35. The Balaban J connectivity index is 2.84. The largest absolute Gasteiger partial charge is 0.323 e. The first-order chi connectivity index (χ1) is 6.33. The Bertz CT molecular complexity index is 442. The summed E-state index contributed by atoms with van der Waals surface area (Å²) in [4.78, 5) is 4.16. The van der Waals surface area contributed by atoms with Crippen LogP contribution in [0, 0.1) is 0 Å². The summed E-state index contributed by atoms with van der Waals surface area (Å²) in [7, 11) is 0. The van der Waals surface area contributed by atoms with Crippen LogP contribution in [0.25, 0.3) is 10.9 Å². The summed E-state index contributed by atoms with van der Waals surface area (Å²) < 4.78 is 0. The first-order valence-corrected chi connectivity index (χ1v) is 4.20. The summed E-state index contributed by atoms with van der Waals surface area (Å²) in [5.41, 5.74) is 4.19. The van der Waals surface area contributed by atoms with Crippen LogP contribution in [0.15, 0.2) is 30.5 Å². The molecule has 0 bridgehead atoms. The number of nitrogen functional groups attached to an aromatic ring is 1. The van der Waals surface area contributed by atoms with Gasteiger partial charge in [-0.3, -0.25) is 10.8 Å². The van der Waals surface area contributed by atoms with Crippen molar-refractivity contribution in [1.29, 1.82) is 0 Å². The second-order valence-corrected chi connectivity index (χ2v) is 3.05. The van der Waals surface area contributed by atoms with E-state index in [4.69, 9.17) is 17.4 Å². The lowest BCUT2D eigenvalue weighted by molar-refractivity contribution is 1.35. The van der Waals surface area contributed by atoms with Crippen LogP contribution in [0.2, 0.25) is 5.02 Å². The number of pyridine rings is 1.